The second kappa shape index (κ2) is 4.59. The smallest absolute Gasteiger partial charge is 0.421 e. The average Bonchev–Trinajstić information content (AvgIpc) is 3.08. The first-order chi connectivity index (χ1) is 10.5. The lowest BCUT2D eigenvalue weighted by Gasteiger charge is -2.25. The predicted molar refractivity (Wildman–Crippen MR) is 89.4 cm³/mol. The number of imide groups is 1. The molecule has 2 aliphatic rings. The molecule has 0 radical (unpaired) electrons. The van der Waals surface area contributed by atoms with Gasteiger partial charge in [-0.25, -0.2) is 9.69 Å². The Morgan fingerprint density at radius 2 is 1.78 bits per heavy atom. The zero-order valence-corrected chi connectivity index (χ0v) is 14.8. The number of carbonyl (C=O) groups excluding carboxylic acids is 2. The van der Waals surface area contributed by atoms with Gasteiger partial charge in [0, 0.05) is 0 Å². The van der Waals surface area contributed by atoms with Gasteiger partial charge < -0.3 is 4.74 Å². The van der Waals surface area contributed by atoms with Gasteiger partial charge in [-0.05, 0) is 50.2 Å². The number of fused-ring (bicyclic) bond motifs is 2. The summed E-state index contributed by atoms with van der Waals surface area (Å²) in [6.07, 6.45) is 0.220. The Bertz CT molecular complexity index is 681. The molecule has 0 saturated heterocycles. The van der Waals surface area contributed by atoms with Crippen molar-refractivity contribution in [1.82, 2.24) is 0 Å². The van der Waals surface area contributed by atoms with E-state index < -0.39 is 17.1 Å². The minimum atomic E-state index is -0.630. The summed E-state index contributed by atoms with van der Waals surface area (Å²) in [4.78, 5) is 27.0. The van der Waals surface area contributed by atoms with Crippen LogP contribution in [-0.2, 0) is 14.9 Å². The molecule has 0 unspecified atom stereocenters. The van der Waals surface area contributed by atoms with Crippen molar-refractivity contribution in [2.45, 2.75) is 59.0 Å². The molecule has 23 heavy (non-hydrogen) atoms. The van der Waals surface area contributed by atoms with Gasteiger partial charge in [0.15, 0.2) is 0 Å². The van der Waals surface area contributed by atoms with Crippen LogP contribution in [0, 0.1) is 11.3 Å². The van der Waals surface area contributed by atoms with Crippen LogP contribution in [0.25, 0.3) is 0 Å². The van der Waals surface area contributed by atoms with Crippen LogP contribution in [-0.4, -0.2) is 17.6 Å². The van der Waals surface area contributed by atoms with Crippen LogP contribution in [0.4, 0.5) is 10.5 Å². The van der Waals surface area contributed by atoms with E-state index in [0.29, 0.717) is 5.69 Å². The molecule has 0 N–H and O–H groups in total. The molecule has 4 nitrogen and oxygen atoms in total. The average molecular weight is 315 g/mol. The lowest BCUT2D eigenvalue weighted by Crippen LogP contribution is -2.42. The topological polar surface area (TPSA) is 46.6 Å². The molecule has 2 atom stereocenters. The monoisotopic (exact) mass is 315 g/mol. The van der Waals surface area contributed by atoms with Crippen LogP contribution in [0.3, 0.4) is 0 Å². The minimum absolute atomic E-state index is 0.0205. The van der Waals surface area contributed by atoms with E-state index in [4.69, 9.17) is 4.74 Å². The molecule has 1 heterocycles. The number of carbonyl (C=O) groups is 2. The van der Waals surface area contributed by atoms with Crippen LogP contribution < -0.4 is 4.90 Å². The SMILES string of the molecule is CC(C)(C)OC(=O)N1C(=O)[C@]2(C[C@@H]2C(C)(C)C)c2ccccc21. The maximum atomic E-state index is 13.2. The Morgan fingerprint density at radius 3 is 2.30 bits per heavy atom. The highest BCUT2D eigenvalue weighted by Gasteiger charge is 2.70. The summed E-state index contributed by atoms with van der Waals surface area (Å²) < 4.78 is 5.46. The van der Waals surface area contributed by atoms with Crippen molar-refractivity contribution >= 4 is 17.7 Å². The lowest BCUT2D eigenvalue weighted by atomic mass is 9.82. The van der Waals surface area contributed by atoms with Gasteiger partial charge in [-0.2, -0.15) is 0 Å². The third-order valence-corrected chi connectivity index (χ3v) is 4.79. The molecule has 4 heteroatoms. The molecule has 0 bridgehead atoms. The summed E-state index contributed by atoms with van der Waals surface area (Å²) in [6.45, 7) is 11.9. The summed E-state index contributed by atoms with van der Waals surface area (Å²) >= 11 is 0. The fourth-order valence-electron chi connectivity index (χ4n) is 3.80. The third-order valence-electron chi connectivity index (χ3n) is 4.79. The van der Waals surface area contributed by atoms with Crippen molar-refractivity contribution in [3.05, 3.63) is 29.8 Å². The Hall–Kier alpha value is -1.84. The number of nitrogens with zero attached hydrogens (tertiary/aromatic N) is 1. The number of rotatable bonds is 0. The zero-order chi connectivity index (χ0) is 17.2. The zero-order valence-electron chi connectivity index (χ0n) is 14.8. The summed E-state index contributed by atoms with van der Waals surface area (Å²) in [5.41, 5.74) is 0.488. The molecule has 1 aromatic carbocycles. The molecule has 3 rings (SSSR count). The first-order valence-corrected chi connectivity index (χ1v) is 8.15. The minimum Gasteiger partial charge on any atom is -0.443 e. The molecule has 1 aliphatic heterocycles. The van der Waals surface area contributed by atoms with E-state index in [1.165, 1.54) is 4.90 Å². The van der Waals surface area contributed by atoms with Crippen LogP contribution >= 0.6 is 0 Å². The van der Waals surface area contributed by atoms with Crippen molar-refractivity contribution in [2.24, 2.45) is 11.3 Å². The number of ether oxygens (including phenoxy) is 1. The van der Waals surface area contributed by atoms with Crippen LogP contribution in [0.5, 0.6) is 0 Å². The summed E-state index contributed by atoms with van der Waals surface area (Å²) in [7, 11) is 0. The lowest BCUT2D eigenvalue weighted by molar-refractivity contribution is -0.120. The summed E-state index contributed by atoms with van der Waals surface area (Å²) in [5.74, 6) is 0.115. The van der Waals surface area contributed by atoms with Crippen molar-refractivity contribution in [2.75, 3.05) is 4.90 Å². The second-order valence-corrected chi connectivity index (χ2v) is 8.73. The van der Waals surface area contributed by atoms with Crippen molar-refractivity contribution < 1.29 is 14.3 Å². The Morgan fingerprint density at radius 1 is 1.17 bits per heavy atom. The van der Waals surface area contributed by atoms with Crippen LogP contribution in [0.1, 0.15) is 53.5 Å². The molecule has 1 fully saturated rings. The molecule has 1 aromatic rings. The third kappa shape index (κ3) is 2.35. The highest BCUT2D eigenvalue weighted by Crippen LogP contribution is 2.67. The van der Waals surface area contributed by atoms with Gasteiger partial charge in [-0.1, -0.05) is 39.0 Å². The first-order valence-electron chi connectivity index (χ1n) is 8.15. The van der Waals surface area contributed by atoms with Gasteiger partial charge in [0.1, 0.15) is 5.60 Å². The Labute approximate surface area is 137 Å². The van der Waals surface area contributed by atoms with Gasteiger partial charge >= 0.3 is 6.09 Å². The fraction of sp³-hybridized carbons (Fsp3) is 0.579. The summed E-state index contributed by atoms with van der Waals surface area (Å²) in [5, 5.41) is 0. The second-order valence-electron chi connectivity index (χ2n) is 8.73. The first kappa shape index (κ1) is 16.0. The van der Waals surface area contributed by atoms with E-state index in [1.54, 1.807) is 0 Å². The highest BCUT2D eigenvalue weighted by atomic mass is 16.6. The van der Waals surface area contributed by atoms with Gasteiger partial charge in [0.2, 0.25) is 5.91 Å². The Kier molecular flexibility index (Phi) is 3.20. The molecular weight excluding hydrogens is 290 g/mol. The maximum absolute atomic E-state index is 13.2. The number of hydrogen-bond donors (Lipinski definition) is 0. The van der Waals surface area contributed by atoms with E-state index in [-0.39, 0.29) is 17.2 Å². The summed E-state index contributed by atoms with van der Waals surface area (Å²) in [6, 6.07) is 7.61. The van der Waals surface area contributed by atoms with E-state index in [9.17, 15) is 9.59 Å². The molecule has 1 saturated carbocycles. The molecule has 1 spiro atoms. The van der Waals surface area contributed by atoms with Crippen molar-refractivity contribution in [1.29, 1.82) is 0 Å². The molecule has 0 aromatic heterocycles. The molecule has 1 aliphatic carbocycles. The van der Waals surface area contributed by atoms with E-state index >= 15 is 0 Å². The number of anilines is 1. The van der Waals surface area contributed by atoms with Gasteiger partial charge in [0.25, 0.3) is 0 Å². The highest BCUT2D eigenvalue weighted by molar-refractivity contribution is 6.22. The number of benzene rings is 1. The number of para-hydroxylation sites is 1. The van der Waals surface area contributed by atoms with Gasteiger partial charge in [-0.3, -0.25) is 4.79 Å². The predicted octanol–water partition coefficient (Wildman–Crippen LogP) is 4.27. The van der Waals surface area contributed by atoms with E-state index in [0.717, 1.165) is 12.0 Å². The van der Waals surface area contributed by atoms with Gasteiger partial charge in [0.05, 0.1) is 11.1 Å². The van der Waals surface area contributed by atoms with E-state index in [1.807, 2.05) is 45.0 Å². The van der Waals surface area contributed by atoms with Crippen LogP contribution in [0.2, 0.25) is 0 Å². The number of hydrogen-bond acceptors (Lipinski definition) is 3. The van der Waals surface area contributed by atoms with Crippen molar-refractivity contribution in [3.8, 4) is 0 Å². The largest absolute Gasteiger partial charge is 0.443 e. The Balaban J connectivity index is 2.03. The maximum Gasteiger partial charge on any atom is 0.421 e. The van der Waals surface area contributed by atoms with E-state index in [2.05, 4.69) is 20.8 Å². The van der Waals surface area contributed by atoms with Crippen LogP contribution in [0.15, 0.2) is 24.3 Å². The number of amides is 2. The van der Waals surface area contributed by atoms with Gasteiger partial charge in [-0.15, -0.1) is 0 Å². The standard InChI is InChI=1S/C19H25NO3/c1-17(2,3)14-11-19(14)12-9-7-8-10-13(12)20(15(19)21)16(22)23-18(4,5)6/h7-10,14H,11H2,1-6H3/t14-,19-/m1/s1. The van der Waals surface area contributed by atoms with Crippen molar-refractivity contribution in [3.63, 3.8) is 0 Å². The molecule has 2 amide bonds. The normalized spacial score (nSPS) is 26.4. The molecule has 124 valence electrons. The fourth-order valence-corrected chi connectivity index (χ4v) is 3.80. The quantitative estimate of drug-likeness (QED) is 0.718. The molecular formula is C19H25NO3.